The number of nitrogen functional groups attached to an aromatic ring is 1. The fourth-order valence-corrected chi connectivity index (χ4v) is 2.44. The number of rotatable bonds is 3. The van der Waals surface area contributed by atoms with Gasteiger partial charge in [0.05, 0.1) is 20.9 Å². The number of nitrogens with one attached hydrogen (secondary N) is 1. The summed E-state index contributed by atoms with van der Waals surface area (Å²) in [4.78, 5) is 16.0. The second-order valence-corrected chi connectivity index (χ2v) is 6.13. The third-order valence-corrected chi connectivity index (χ3v) is 3.82. The molecule has 3 N–H and O–H groups in total. The van der Waals surface area contributed by atoms with Gasteiger partial charge in [0.25, 0.3) is 0 Å². The van der Waals surface area contributed by atoms with E-state index in [2.05, 4.69) is 26.2 Å². The number of aromatic nitrogens is 2. The largest absolute Gasteiger partial charge is 0.369 e. The van der Waals surface area contributed by atoms with Crippen LogP contribution in [0, 0.1) is 11.2 Å². The molecule has 0 aliphatic carbocycles. The lowest BCUT2D eigenvalue weighted by Gasteiger charge is -2.23. The molecule has 2 aromatic rings. The first-order valence-electron chi connectivity index (χ1n) is 6.09. The van der Waals surface area contributed by atoms with Crippen molar-refractivity contribution >= 4 is 38.8 Å². The summed E-state index contributed by atoms with van der Waals surface area (Å²) >= 11 is 3.15. The van der Waals surface area contributed by atoms with Crippen LogP contribution in [0.5, 0.6) is 0 Å². The van der Waals surface area contributed by atoms with Gasteiger partial charge in [-0.1, -0.05) is 0 Å². The van der Waals surface area contributed by atoms with Crippen molar-refractivity contribution in [2.24, 2.45) is 5.41 Å². The number of nitrogens with two attached hydrogens (primary N) is 1. The normalized spacial score (nSPS) is 11.8. The van der Waals surface area contributed by atoms with Crippen molar-refractivity contribution < 1.29 is 9.18 Å². The maximum atomic E-state index is 13.5. The number of anilines is 1. The molecule has 5 nitrogen and oxygen atoms in total. The van der Waals surface area contributed by atoms with Crippen LogP contribution in [0.15, 0.2) is 16.6 Å². The van der Waals surface area contributed by atoms with Crippen LogP contribution in [0.25, 0.3) is 11.0 Å². The van der Waals surface area contributed by atoms with Gasteiger partial charge >= 0.3 is 0 Å². The zero-order valence-electron chi connectivity index (χ0n) is 11.5. The molecule has 108 valence electrons. The minimum atomic E-state index is -0.655. The number of amides is 1. The van der Waals surface area contributed by atoms with Crippen LogP contribution in [0.4, 0.5) is 10.3 Å². The number of hydrogen-bond donors (Lipinski definition) is 2. The Balaban J connectivity index is 2.52. The SMILES string of the molecule is CNC(=O)C(C)(C)Cn1c(N)nc2cc(F)c(Br)cc21. The highest BCUT2D eigenvalue weighted by Crippen LogP contribution is 2.28. The number of hydrogen-bond acceptors (Lipinski definition) is 3. The van der Waals surface area contributed by atoms with Gasteiger partial charge in [-0.25, -0.2) is 9.37 Å². The standard InChI is InChI=1S/C13H16BrFN4O/c1-13(2,11(20)17-3)6-19-10-4-7(14)8(15)5-9(10)18-12(19)16/h4-5H,6H2,1-3H3,(H2,16,18)(H,17,20). The monoisotopic (exact) mass is 342 g/mol. The van der Waals surface area contributed by atoms with Crippen LogP contribution < -0.4 is 11.1 Å². The molecule has 0 saturated carbocycles. The Bertz CT molecular complexity index is 681. The van der Waals surface area contributed by atoms with Crippen molar-refractivity contribution in [3.05, 3.63) is 22.4 Å². The molecule has 0 aliphatic rings. The van der Waals surface area contributed by atoms with E-state index < -0.39 is 11.2 Å². The first-order chi connectivity index (χ1) is 9.26. The molecule has 1 aromatic heterocycles. The number of benzene rings is 1. The summed E-state index contributed by atoms with van der Waals surface area (Å²) in [7, 11) is 1.59. The number of carbonyl (C=O) groups is 1. The predicted molar refractivity (Wildman–Crippen MR) is 79.7 cm³/mol. The molecular weight excluding hydrogens is 327 g/mol. The Labute approximate surface area is 124 Å². The Morgan fingerprint density at radius 1 is 1.55 bits per heavy atom. The van der Waals surface area contributed by atoms with Crippen molar-refractivity contribution in [1.82, 2.24) is 14.9 Å². The molecule has 1 heterocycles. The summed E-state index contributed by atoms with van der Waals surface area (Å²) in [5.41, 5.74) is 6.39. The van der Waals surface area contributed by atoms with Crippen molar-refractivity contribution in [2.45, 2.75) is 20.4 Å². The molecule has 2 rings (SSSR count). The summed E-state index contributed by atoms with van der Waals surface area (Å²) in [6, 6.07) is 2.94. The fourth-order valence-electron chi connectivity index (χ4n) is 2.11. The van der Waals surface area contributed by atoms with Crippen LogP contribution in [0.2, 0.25) is 0 Å². The van der Waals surface area contributed by atoms with E-state index in [-0.39, 0.29) is 11.9 Å². The Morgan fingerprint density at radius 3 is 2.80 bits per heavy atom. The molecule has 0 spiro atoms. The molecule has 20 heavy (non-hydrogen) atoms. The van der Waals surface area contributed by atoms with E-state index in [9.17, 15) is 9.18 Å². The van der Waals surface area contributed by atoms with Crippen molar-refractivity contribution in [3.63, 3.8) is 0 Å². The quantitative estimate of drug-likeness (QED) is 0.898. The van der Waals surface area contributed by atoms with Gasteiger partial charge in [0.2, 0.25) is 11.9 Å². The highest BCUT2D eigenvalue weighted by Gasteiger charge is 2.29. The summed E-state index contributed by atoms with van der Waals surface area (Å²) in [5, 5.41) is 2.62. The molecule has 0 radical (unpaired) electrons. The van der Waals surface area contributed by atoms with Gasteiger partial charge < -0.3 is 15.6 Å². The Kier molecular flexibility index (Phi) is 3.73. The van der Waals surface area contributed by atoms with E-state index in [4.69, 9.17) is 5.73 Å². The van der Waals surface area contributed by atoms with Crippen molar-refractivity contribution in [2.75, 3.05) is 12.8 Å². The van der Waals surface area contributed by atoms with Crippen LogP contribution in [-0.4, -0.2) is 22.5 Å². The third kappa shape index (κ3) is 2.49. The van der Waals surface area contributed by atoms with Gasteiger partial charge in [0, 0.05) is 19.7 Å². The molecule has 0 bridgehead atoms. The van der Waals surface area contributed by atoms with Crippen LogP contribution in [0.1, 0.15) is 13.8 Å². The van der Waals surface area contributed by atoms with Gasteiger partial charge in [-0.2, -0.15) is 0 Å². The van der Waals surface area contributed by atoms with E-state index in [1.165, 1.54) is 6.07 Å². The highest BCUT2D eigenvalue weighted by atomic mass is 79.9. The van der Waals surface area contributed by atoms with E-state index >= 15 is 0 Å². The second-order valence-electron chi connectivity index (χ2n) is 5.27. The Hall–Kier alpha value is -1.63. The molecule has 0 unspecified atom stereocenters. The van der Waals surface area contributed by atoms with E-state index in [1.807, 2.05) is 13.8 Å². The maximum Gasteiger partial charge on any atom is 0.227 e. The third-order valence-electron chi connectivity index (χ3n) is 3.21. The second kappa shape index (κ2) is 5.05. The van der Waals surface area contributed by atoms with Crippen molar-refractivity contribution in [3.8, 4) is 0 Å². The topological polar surface area (TPSA) is 72.9 Å². The zero-order chi connectivity index (χ0) is 15.1. The summed E-state index contributed by atoms with van der Waals surface area (Å²) < 4.78 is 15.6. The maximum absolute atomic E-state index is 13.5. The van der Waals surface area contributed by atoms with E-state index in [0.29, 0.717) is 22.1 Å². The first kappa shape index (κ1) is 14.8. The fraction of sp³-hybridized carbons (Fsp3) is 0.385. The van der Waals surface area contributed by atoms with Gasteiger partial charge in [0.1, 0.15) is 5.82 Å². The first-order valence-corrected chi connectivity index (χ1v) is 6.88. The summed E-state index contributed by atoms with van der Waals surface area (Å²) in [6.07, 6.45) is 0. The van der Waals surface area contributed by atoms with Crippen LogP contribution in [-0.2, 0) is 11.3 Å². The molecule has 0 saturated heterocycles. The smallest absolute Gasteiger partial charge is 0.227 e. The summed E-state index contributed by atoms with van der Waals surface area (Å²) in [5.74, 6) is -0.234. The van der Waals surface area contributed by atoms with E-state index in [1.54, 1.807) is 17.7 Å². The molecule has 1 aromatic carbocycles. The molecule has 0 fully saturated rings. The van der Waals surface area contributed by atoms with Gasteiger partial charge in [-0.3, -0.25) is 4.79 Å². The lowest BCUT2D eigenvalue weighted by Crippen LogP contribution is -2.37. The summed E-state index contributed by atoms with van der Waals surface area (Å²) in [6.45, 7) is 3.98. The number of nitrogens with zero attached hydrogens (tertiary/aromatic N) is 2. The van der Waals surface area contributed by atoms with Gasteiger partial charge in [-0.05, 0) is 35.8 Å². The lowest BCUT2D eigenvalue weighted by atomic mass is 9.92. The van der Waals surface area contributed by atoms with Gasteiger partial charge in [-0.15, -0.1) is 0 Å². The van der Waals surface area contributed by atoms with E-state index in [0.717, 1.165) is 0 Å². The molecule has 0 aliphatic heterocycles. The average molecular weight is 343 g/mol. The molecule has 1 amide bonds. The minimum absolute atomic E-state index is 0.0973. The Morgan fingerprint density at radius 2 is 2.20 bits per heavy atom. The minimum Gasteiger partial charge on any atom is -0.369 e. The predicted octanol–water partition coefficient (Wildman–Crippen LogP) is 2.29. The van der Waals surface area contributed by atoms with Crippen LogP contribution >= 0.6 is 15.9 Å². The molecule has 7 heteroatoms. The number of carbonyl (C=O) groups excluding carboxylic acids is 1. The average Bonchev–Trinajstić information content (AvgIpc) is 2.65. The number of fused-ring (bicyclic) bond motifs is 1. The van der Waals surface area contributed by atoms with Crippen LogP contribution in [0.3, 0.4) is 0 Å². The number of halogens is 2. The lowest BCUT2D eigenvalue weighted by molar-refractivity contribution is -0.129. The van der Waals surface area contributed by atoms with Gasteiger partial charge in [0.15, 0.2) is 0 Å². The zero-order valence-corrected chi connectivity index (χ0v) is 13.1. The highest BCUT2D eigenvalue weighted by molar-refractivity contribution is 9.10. The number of imidazole rings is 1. The molecular formula is C13H16BrFN4O. The van der Waals surface area contributed by atoms with Crippen molar-refractivity contribution in [1.29, 1.82) is 0 Å². The molecule has 0 atom stereocenters.